The van der Waals surface area contributed by atoms with E-state index in [1.165, 1.54) is 16.1 Å². The molecule has 0 unspecified atom stereocenters. The van der Waals surface area contributed by atoms with Crippen molar-refractivity contribution < 1.29 is 23.8 Å². The zero-order chi connectivity index (χ0) is 28.3. The van der Waals surface area contributed by atoms with Crippen LogP contribution in [0.4, 0.5) is 0 Å². The third kappa shape index (κ3) is 6.23. The third-order valence-corrected chi connectivity index (χ3v) is 6.98. The van der Waals surface area contributed by atoms with Gasteiger partial charge in [0.05, 0.1) is 7.11 Å². The molecule has 0 aliphatic carbocycles. The molecule has 5 rings (SSSR count). The minimum atomic E-state index is -0.873. The lowest BCUT2D eigenvalue weighted by molar-refractivity contribution is -0.143. The number of rotatable bonds is 9. The Kier molecular flexibility index (Phi) is 7.69. The summed E-state index contributed by atoms with van der Waals surface area (Å²) in [6, 6.07) is 15.6. The monoisotopic (exact) mass is 562 g/mol. The van der Waals surface area contributed by atoms with Gasteiger partial charge in [0.25, 0.3) is 0 Å². The molecule has 12 heteroatoms. The summed E-state index contributed by atoms with van der Waals surface area (Å²) in [5.41, 5.74) is 1.02. The summed E-state index contributed by atoms with van der Waals surface area (Å²) in [7, 11) is 1.59. The number of benzene rings is 2. The number of amides is 2. The van der Waals surface area contributed by atoms with Crippen molar-refractivity contribution in [1.82, 2.24) is 30.4 Å². The quantitative estimate of drug-likeness (QED) is 0.327. The smallest absolute Gasteiger partial charge is 0.248 e. The summed E-state index contributed by atoms with van der Waals surface area (Å²) in [4.78, 5) is 31.1. The molecule has 4 aromatic rings. The minimum Gasteiger partial charge on any atom is -0.497 e. The van der Waals surface area contributed by atoms with Crippen molar-refractivity contribution in [3.05, 3.63) is 70.4 Å². The Bertz CT molecular complexity index is 1480. The molecule has 3 heterocycles. The number of carbonyl (C=O) groups excluding carboxylic acids is 2. The number of tetrazole rings is 1. The molecule has 1 aliphatic rings. The van der Waals surface area contributed by atoms with E-state index in [1.807, 2.05) is 62.5 Å². The zero-order valence-electron chi connectivity index (χ0n) is 22.7. The molecule has 1 aliphatic heterocycles. The summed E-state index contributed by atoms with van der Waals surface area (Å²) >= 11 is 1.41. The summed E-state index contributed by atoms with van der Waals surface area (Å²) in [5.74, 6) is 1.68. The molecule has 2 aromatic heterocycles. The van der Waals surface area contributed by atoms with E-state index >= 15 is 0 Å². The molecule has 1 atom stereocenters. The minimum absolute atomic E-state index is 0.141. The maximum atomic E-state index is 13.9. The molecule has 2 aromatic carbocycles. The van der Waals surface area contributed by atoms with Gasteiger partial charge >= 0.3 is 0 Å². The first-order chi connectivity index (χ1) is 19.2. The van der Waals surface area contributed by atoms with E-state index in [0.29, 0.717) is 23.1 Å². The van der Waals surface area contributed by atoms with E-state index < -0.39 is 11.6 Å². The fraction of sp³-hybridized carbons (Fsp3) is 0.321. The van der Waals surface area contributed by atoms with Crippen LogP contribution in [0.25, 0.3) is 11.4 Å². The normalized spacial score (nSPS) is 13.1. The first-order valence-corrected chi connectivity index (χ1v) is 13.5. The average molecular weight is 563 g/mol. The van der Waals surface area contributed by atoms with Gasteiger partial charge in [0.2, 0.25) is 24.4 Å². The molecule has 2 amide bonds. The molecule has 0 saturated carbocycles. The number of aromatic nitrogens is 4. The zero-order valence-corrected chi connectivity index (χ0v) is 23.5. The molecular weight excluding hydrogens is 532 g/mol. The highest BCUT2D eigenvalue weighted by Gasteiger charge is 2.34. The summed E-state index contributed by atoms with van der Waals surface area (Å²) in [6.07, 6.45) is 0. The van der Waals surface area contributed by atoms with Crippen LogP contribution in [0.3, 0.4) is 0 Å². The summed E-state index contributed by atoms with van der Waals surface area (Å²) in [6.45, 7) is 5.79. The van der Waals surface area contributed by atoms with Crippen LogP contribution in [0.5, 0.6) is 17.2 Å². The molecular formula is C28H30N6O5S. The second-order valence-corrected chi connectivity index (χ2v) is 11.2. The maximum Gasteiger partial charge on any atom is 0.248 e. The molecule has 1 N–H and O–H groups in total. The van der Waals surface area contributed by atoms with Crippen molar-refractivity contribution in [2.45, 2.75) is 45.4 Å². The van der Waals surface area contributed by atoms with E-state index in [2.05, 4.69) is 20.7 Å². The van der Waals surface area contributed by atoms with Crippen molar-refractivity contribution in [1.29, 1.82) is 0 Å². The van der Waals surface area contributed by atoms with Gasteiger partial charge < -0.3 is 24.4 Å². The number of thiophene rings is 1. The molecule has 0 bridgehead atoms. The van der Waals surface area contributed by atoms with E-state index in [0.717, 1.165) is 16.0 Å². The van der Waals surface area contributed by atoms with Gasteiger partial charge in [0.15, 0.2) is 11.5 Å². The Hall–Kier alpha value is -4.45. The third-order valence-electron chi connectivity index (χ3n) is 6.06. The van der Waals surface area contributed by atoms with Crippen LogP contribution in [-0.2, 0) is 22.7 Å². The number of hydrogen-bond acceptors (Lipinski definition) is 9. The van der Waals surface area contributed by atoms with Crippen LogP contribution in [-0.4, -0.2) is 56.4 Å². The van der Waals surface area contributed by atoms with Crippen LogP contribution >= 0.6 is 11.3 Å². The van der Waals surface area contributed by atoms with Gasteiger partial charge in [-0.15, -0.1) is 21.5 Å². The second kappa shape index (κ2) is 11.3. The van der Waals surface area contributed by atoms with Gasteiger partial charge in [-0.2, -0.15) is 4.80 Å². The van der Waals surface area contributed by atoms with Crippen molar-refractivity contribution in [2.75, 3.05) is 13.9 Å². The Balaban J connectivity index is 1.45. The van der Waals surface area contributed by atoms with Gasteiger partial charge in [-0.25, -0.2) is 0 Å². The number of nitrogens with zero attached hydrogens (tertiary/aromatic N) is 5. The number of methoxy groups -OCH3 is 1. The van der Waals surface area contributed by atoms with E-state index in [1.54, 1.807) is 30.2 Å². The Morgan fingerprint density at radius 1 is 1.12 bits per heavy atom. The van der Waals surface area contributed by atoms with Crippen LogP contribution in [0.15, 0.2) is 60.0 Å². The Labute approximate surface area is 235 Å². The fourth-order valence-corrected chi connectivity index (χ4v) is 5.08. The number of fused-ring (bicyclic) bond motifs is 1. The van der Waals surface area contributed by atoms with Crippen molar-refractivity contribution in [2.24, 2.45) is 0 Å². The van der Waals surface area contributed by atoms with Crippen LogP contribution < -0.4 is 19.5 Å². The molecule has 0 fully saturated rings. The van der Waals surface area contributed by atoms with Crippen LogP contribution in [0.1, 0.15) is 37.3 Å². The molecule has 208 valence electrons. The predicted octanol–water partition coefficient (Wildman–Crippen LogP) is 3.82. The topological polar surface area (TPSA) is 121 Å². The largest absolute Gasteiger partial charge is 0.497 e. The molecule has 40 heavy (non-hydrogen) atoms. The number of hydrogen-bond donors (Lipinski definition) is 1. The van der Waals surface area contributed by atoms with Crippen molar-refractivity contribution >= 4 is 23.2 Å². The molecule has 0 saturated heterocycles. The summed E-state index contributed by atoms with van der Waals surface area (Å²) < 4.78 is 16.2. The first kappa shape index (κ1) is 27.1. The van der Waals surface area contributed by atoms with Crippen molar-refractivity contribution in [3.63, 3.8) is 0 Å². The number of ether oxygens (including phenoxy) is 3. The highest BCUT2D eigenvalue weighted by atomic mass is 32.1. The molecule has 0 spiro atoms. The molecule has 0 radical (unpaired) electrons. The van der Waals surface area contributed by atoms with E-state index in [9.17, 15) is 9.59 Å². The highest BCUT2D eigenvalue weighted by Crippen LogP contribution is 2.34. The number of nitrogens with one attached hydrogen (secondary N) is 1. The van der Waals surface area contributed by atoms with E-state index in [4.69, 9.17) is 14.2 Å². The molecule has 11 nitrogen and oxygen atoms in total. The van der Waals surface area contributed by atoms with Gasteiger partial charge in [0, 0.05) is 22.5 Å². The first-order valence-electron chi connectivity index (χ1n) is 12.7. The number of carbonyl (C=O) groups is 2. The van der Waals surface area contributed by atoms with Crippen LogP contribution in [0, 0.1) is 0 Å². The van der Waals surface area contributed by atoms with Gasteiger partial charge in [0.1, 0.15) is 18.3 Å². The van der Waals surface area contributed by atoms with Crippen molar-refractivity contribution in [3.8, 4) is 28.6 Å². The predicted molar refractivity (Wildman–Crippen MR) is 148 cm³/mol. The van der Waals surface area contributed by atoms with E-state index in [-0.39, 0.29) is 31.7 Å². The average Bonchev–Trinajstić information content (AvgIpc) is 3.69. The Morgan fingerprint density at radius 3 is 2.60 bits per heavy atom. The lowest BCUT2D eigenvalue weighted by atomic mass is 10.1. The second-order valence-electron chi connectivity index (χ2n) is 10.2. The highest BCUT2D eigenvalue weighted by molar-refractivity contribution is 7.10. The lowest BCUT2D eigenvalue weighted by Crippen LogP contribution is -2.49. The standard InChI is InChI=1S/C28H30N6O5S/c1-28(2,3)29-27(36)25(23-6-5-13-40-23)33(15-18-7-12-21-22(14-18)39-17-38-21)24(35)16-34-31-26(30-32-34)19-8-10-20(37-4)11-9-19/h5-14,25H,15-17H2,1-4H3,(H,29,36)/t25-/m0/s1. The Morgan fingerprint density at radius 2 is 1.90 bits per heavy atom. The van der Waals surface area contributed by atoms with Gasteiger partial charge in [-0.1, -0.05) is 12.1 Å². The summed E-state index contributed by atoms with van der Waals surface area (Å²) in [5, 5.41) is 17.6. The SMILES string of the molecule is COc1ccc(-c2nnn(CC(=O)N(Cc3ccc4c(c3)OCO4)[C@H](C(=O)NC(C)(C)C)c3cccs3)n2)cc1. The maximum absolute atomic E-state index is 13.9. The van der Waals surface area contributed by atoms with Crippen LogP contribution in [0.2, 0.25) is 0 Å². The van der Waals surface area contributed by atoms with Gasteiger partial charge in [-0.3, -0.25) is 9.59 Å². The lowest BCUT2D eigenvalue weighted by Gasteiger charge is -2.33. The fourth-order valence-electron chi connectivity index (χ4n) is 4.25. The van der Waals surface area contributed by atoms with Gasteiger partial charge in [-0.05, 0) is 79.4 Å².